The number of nitrogens with zero attached hydrogens (tertiary/aromatic N) is 2. The summed E-state index contributed by atoms with van der Waals surface area (Å²) in [5.41, 5.74) is 0. The Bertz CT molecular complexity index is 699. The third kappa shape index (κ3) is 7.84. The predicted molar refractivity (Wildman–Crippen MR) is 112 cm³/mol. The van der Waals surface area contributed by atoms with E-state index in [4.69, 9.17) is 36.1 Å². The monoisotopic (exact) mass is 440 g/mol. The summed E-state index contributed by atoms with van der Waals surface area (Å²) < 4.78 is 5.57. The minimum absolute atomic E-state index is 0.0712. The van der Waals surface area contributed by atoms with Gasteiger partial charge in [-0.3, -0.25) is 9.69 Å². The number of carboxylic acids is 2. The summed E-state index contributed by atoms with van der Waals surface area (Å²) >= 11 is 5.85. The first-order valence-corrected chi connectivity index (χ1v) is 10.5. The van der Waals surface area contributed by atoms with Gasteiger partial charge in [-0.25, -0.2) is 9.59 Å². The van der Waals surface area contributed by atoms with Gasteiger partial charge >= 0.3 is 11.9 Å². The van der Waals surface area contributed by atoms with Crippen molar-refractivity contribution in [2.75, 3.05) is 32.8 Å². The number of hydrogen-bond acceptors (Lipinski definition) is 5. The fourth-order valence-electron chi connectivity index (χ4n) is 3.71. The van der Waals surface area contributed by atoms with Crippen molar-refractivity contribution < 1.29 is 29.3 Å². The highest BCUT2D eigenvalue weighted by Crippen LogP contribution is 2.27. The Morgan fingerprint density at radius 2 is 1.50 bits per heavy atom. The lowest BCUT2D eigenvalue weighted by Crippen LogP contribution is -2.53. The molecular weight excluding hydrogens is 412 g/mol. The second-order valence-electron chi connectivity index (χ2n) is 7.68. The molecule has 0 radical (unpaired) electrons. The van der Waals surface area contributed by atoms with Crippen molar-refractivity contribution in [1.82, 2.24) is 9.80 Å². The number of rotatable bonds is 4. The van der Waals surface area contributed by atoms with Gasteiger partial charge in [0.25, 0.3) is 5.91 Å². The standard InChI is InChI=1S/C19H27ClN2O2.C2H2O4/c1-15-2-6-17(7-3-15)21-10-12-22(13-11-21)19(23)14-24-18-8-4-16(20)5-9-18;3-1(4)2(5)6/h4-5,8-9,15,17H,2-3,6-7,10-14H2,1H3;(H,3,4)(H,5,6). The molecule has 166 valence electrons. The molecule has 1 saturated carbocycles. The van der Waals surface area contributed by atoms with Crippen LogP contribution in [0, 0.1) is 5.92 Å². The Morgan fingerprint density at radius 1 is 0.967 bits per heavy atom. The van der Waals surface area contributed by atoms with E-state index in [9.17, 15) is 4.79 Å². The first kappa shape index (κ1) is 24.0. The van der Waals surface area contributed by atoms with Gasteiger partial charge < -0.3 is 19.8 Å². The summed E-state index contributed by atoms with van der Waals surface area (Å²) in [6.07, 6.45) is 5.32. The first-order chi connectivity index (χ1) is 14.3. The highest BCUT2D eigenvalue weighted by atomic mass is 35.5. The minimum Gasteiger partial charge on any atom is -0.484 e. The number of hydrogen-bond donors (Lipinski definition) is 2. The second kappa shape index (κ2) is 11.8. The van der Waals surface area contributed by atoms with E-state index in [0.29, 0.717) is 10.8 Å². The molecule has 1 amide bonds. The number of carbonyl (C=O) groups excluding carboxylic acids is 1. The topological polar surface area (TPSA) is 107 Å². The van der Waals surface area contributed by atoms with Gasteiger partial charge in [0.2, 0.25) is 0 Å². The van der Waals surface area contributed by atoms with Crippen LogP contribution in [0.4, 0.5) is 0 Å². The average molecular weight is 441 g/mol. The molecule has 1 aliphatic carbocycles. The highest BCUT2D eigenvalue weighted by Gasteiger charge is 2.28. The molecule has 0 bridgehead atoms. The van der Waals surface area contributed by atoms with E-state index in [-0.39, 0.29) is 12.5 Å². The van der Waals surface area contributed by atoms with Gasteiger partial charge in [0.1, 0.15) is 5.75 Å². The molecule has 2 fully saturated rings. The van der Waals surface area contributed by atoms with Crippen molar-refractivity contribution in [2.24, 2.45) is 5.92 Å². The number of amides is 1. The molecule has 1 aromatic carbocycles. The third-order valence-electron chi connectivity index (χ3n) is 5.53. The van der Waals surface area contributed by atoms with Crippen LogP contribution in [-0.4, -0.2) is 76.7 Å². The van der Waals surface area contributed by atoms with Crippen molar-refractivity contribution in [3.05, 3.63) is 29.3 Å². The Morgan fingerprint density at radius 3 is 2.00 bits per heavy atom. The van der Waals surface area contributed by atoms with Gasteiger partial charge in [-0.1, -0.05) is 18.5 Å². The van der Waals surface area contributed by atoms with Gasteiger partial charge in [-0.05, 0) is 55.9 Å². The zero-order valence-electron chi connectivity index (χ0n) is 17.1. The normalized spacial score (nSPS) is 21.9. The van der Waals surface area contributed by atoms with Crippen LogP contribution in [-0.2, 0) is 14.4 Å². The quantitative estimate of drug-likeness (QED) is 0.693. The van der Waals surface area contributed by atoms with E-state index < -0.39 is 11.9 Å². The highest BCUT2D eigenvalue weighted by molar-refractivity contribution is 6.30. The Kier molecular flexibility index (Phi) is 9.39. The molecule has 0 atom stereocenters. The third-order valence-corrected chi connectivity index (χ3v) is 5.78. The van der Waals surface area contributed by atoms with Crippen molar-refractivity contribution >= 4 is 29.4 Å². The zero-order valence-corrected chi connectivity index (χ0v) is 17.9. The van der Waals surface area contributed by atoms with Crippen LogP contribution < -0.4 is 4.74 Å². The Labute approximate surface area is 181 Å². The lowest BCUT2D eigenvalue weighted by atomic mass is 9.86. The smallest absolute Gasteiger partial charge is 0.414 e. The number of piperazine rings is 1. The van der Waals surface area contributed by atoms with Gasteiger partial charge in [0.05, 0.1) is 0 Å². The maximum Gasteiger partial charge on any atom is 0.414 e. The lowest BCUT2D eigenvalue weighted by molar-refractivity contribution is -0.159. The SMILES string of the molecule is CC1CCC(N2CCN(C(=O)COc3ccc(Cl)cc3)CC2)CC1.O=C(O)C(=O)O. The van der Waals surface area contributed by atoms with E-state index in [1.54, 1.807) is 24.3 Å². The summed E-state index contributed by atoms with van der Waals surface area (Å²) in [4.78, 5) is 35.0. The first-order valence-electron chi connectivity index (χ1n) is 10.1. The Hall–Kier alpha value is -2.32. The molecule has 8 nitrogen and oxygen atoms in total. The van der Waals surface area contributed by atoms with Crippen molar-refractivity contribution in [2.45, 2.75) is 38.6 Å². The number of aliphatic carboxylic acids is 2. The van der Waals surface area contributed by atoms with Gasteiger partial charge in [0, 0.05) is 37.2 Å². The molecule has 2 aliphatic rings. The summed E-state index contributed by atoms with van der Waals surface area (Å²) in [5, 5.41) is 15.5. The fourth-order valence-corrected chi connectivity index (χ4v) is 3.84. The maximum atomic E-state index is 12.3. The van der Waals surface area contributed by atoms with Crippen LogP contribution in [0.1, 0.15) is 32.6 Å². The molecule has 1 heterocycles. The summed E-state index contributed by atoms with van der Waals surface area (Å²) in [6, 6.07) is 7.84. The van der Waals surface area contributed by atoms with Crippen molar-refractivity contribution in [1.29, 1.82) is 0 Å². The summed E-state index contributed by atoms with van der Waals surface area (Å²) in [6.45, 7) is 6.07. The minimum atomic E-state index is -1.82. The molecule has 0 aromatic heterocycles. The van der Waals surface area contributed by atoms with Gasteiger partial charge in [-0.15, -0.1) is 0 Å². The maximum absolute atomic E-state index is 12.3. The molecule has 0 unspecified atom stereocenters. The zero-order chi connectivity index (χ0) is 22.1. The van der Waals surface area contributed by atoms with Crippen LogP contribution in [0.15, 0.2) is 24.3 Å². The van der Waals surface area contributed by atoms with E-state index >= 15 is 0 Å². The number of benzene rings is 1. The van der Waals surface area contributed by atoms with E-state index in [2.05, 4.69) is 11.8 Å². The lowest BCUT2D eigenvalue weighted by Gasteiger charge is -2.41. The molecule has 9 heteroatoms. The van der Waals surface area contributed by atoms with Crippen LogP contribution in [0.5, 0.6) is 5.75 Å². The summed E-state index contributed by atoms with van der Waals surface area (Å²) in [7, 11) is 0. The van der Waals surface area contributed by atoms with Crippen LogP contribution in [0.3, 0.4) is 0 Å². The summed E-state index contributed by atoms with van der Waals surface area (Å²) in [5.74, 6) is -2.01. The van der Waals surface area contributed by atoms with Gasteiger partial charge in [-0.2, -0.15) is 0 Å². The fraction of sp³-hybridized carbons (Fsp3) is 0.571. The van der Waals surface area contributed by atoms with Crippen LogP contribution in [0.2, 0.25) is 5.02 Å². The molecular formula is C21H29ClN2O6. The van der Waals surface area contributed by atoms with Crippen molar-refractivity contribution in [3.63, 3.8) is 0 Å². The molecule has 0 spiro atoms. The van der Waals surface area contributed by atoms with Crippen LogP contribution >= 0.6 is 11.6 Å². The molecule has 1 saturated heterocycles. The van der Waals surface area contributed by atoms with Gasteiger partial charge in [0.15, 0.2) is 6.61 Å². The van der Waals surface area contributed by atoms with Crippen molar-refractivity contribution in [3.8, 4) is 5.75 Å². The van der Waals surface area contributed by atoms with E-state index in [0.717, 1.165) is 38.1 Å². The molecule has 1 aliphatic heterocycles. The number of ether oxygens (including phenoxy) is 1. The predicted octanol–water partition coefficient (Wildman–Crippen LogP) is 2.60. The number of halogens is 1. The molecule has 30 heavy (non-hydrogen) atoms. The molecule has 1 aromatic rings. The number of carbonyl (C=O) groups is 3. The molecule has 2 N–H and O–H groups in total. The Balaban J connectivity index is 0.000000469. The number of carboxylic acid groups (broad SMARTS) is 2. The van der Waals surface area contributed by atoms with Crippen LogP contribution in [0.25, 0.3) is 0 Å². The second-order valence-corrected chi connectivity index (χ2v) is 8.12. The average Bonchev–Trinajstić information content (AvgIpc) is 2.74. The van der Waals surface area contributed by atoms with E-state index in [1.165, 1.54) is 25.7 Å². The molecule has 3 rings (SSSR count). The van der Waals surface area contributed by atoms with E-state index in [1.807, 2.05) is 4.90 Å². The largest absolute Gasteiger partial charge is 0.484 e.